The Balaban J connectivity index is 1.88. The molecule has 0 radical (unpaired) electrons. The first-order chi connectivity index (χ1) is 11.7. The fraction of sp³-hybridized carbons (Fsp3) is 0.105. The highest BCUT2D eigenvalue weighted by atomic mass is 16.1. The van der Waals surface area contributed by atoms with Crippen molar-refractivity contribution in [2.45, 2.75) is 13.5 Å². The molecular weight excluding hydrogens is 300 g/mol. The van der Waals surface area contributed by atoms with Crippen LogP contribution >= 0.6 is 0 Å². The van der Waals surface area contributed by atoms with Gasteiger partial charge in [0.25, 0.3) is 5.91 Å². The Kier molecular flexibility index (Phi) is 4.39. The molecule has 3 aromatic rings. The number of benzene rings is 2. The maximum atomic E-state index is 12.5. The maximum absolute atomic E-state index is 12.5. The minimum absolute atomic E-state index is 0.201. The molecule has 118 valence electrons. The topological polar surface area (TPSA) is 70.7 Å². The highest BCUT2D eigenvalue weighted by Crippen LogP contribution is 2.17. The zero-order valence-electron chi connectivity index (χ0n) is 13.2. The van der Waals surface area contributed by atoms with Crippen LogP contribution in [0.1, 0.15) is 27.2 Å². The molecule has 0 aliphatic heterocycles. The summed E-state index contributed by atoms with van der Waals surface area (Å²) in [5.74, 6) is 0.151. The second kappa shape index (κ2) is 6.80. The van der Waals surface area contributed by atoms with E-state index in [9.17, 15) is 10.1 Å². The second-order valence-corrected chi connectivity index (χ2v) is 5.49. The predicted octanol–water partition coefficient (Wildman–Crippen LogP) is 3.36. The van der Waals surface area contributed by atoms with E-state index in [1.165, 1.54) is 0 Å². The average Bonchev–Trinajstić information content (AvgIpc) is 2.97. The molecule has 0 fully saturated rings. The monoisotopic (exact) mass is 316 g/mol. The van der Waals surface area contributed by atoms with Crippen molar-refractivity contribution < 1.29 is 4.79 Å². The highest BCUT2D eigenvalue weighted by molar-refractivity contribution is 6.04. The van der Waals surface area contributed by atoms with Gasteiger partial charge in [0.15, 0.2) is 11.5 Å². The molecule has 1 heterocycles. The summed E-state index contributed by atoms with van der Waals surface area (Å²) in [5.41, 5.74) is 2.81. The standard InChI is InChI=1S/C19H16N4O/c1-14-6-5-9-16(10-14)19(24)22-18-17(11-20)21-13-23(18)12-15-7-3-2-4-8-15/h2-10,13H,12H2,1H3,(H,22,24). The zero-order valence-corrected chi connectivity index (χ0v) is 13.2. The fourth-order valence-electron chi connectivity index (χ4n) is 2.46. The second-order valence-electron chi connectivity index (χ2n) is 5.49. The lowest BCUT2D eigenvalue weighted by molar-refractivity contribution is 0.102. The van der Waals surface area contributed by atoms with E-state index in [-0.39, 0.29) is 11.6 Å². The van der Waals surface area contributed by atoms with Crippen LogP contribution in [-0.2, 0) is 6.54 Å². The quantitative estimate of drug-likeness (QED) is 0.802. The summed E-state index contributed by atoms with van der Waals surface area (Å²) in [6.45, 7) is 2.45. The number of hydrogen-bond acceptors (Lipinski definition) is 3. The summed E-state index contributed by atoms with van der Waals surface area (Å²) in [6.07, 6.45) is 1.57. The molecule has 0 aliphatic carbocycles. The van der Waals surface area contributed by atoms with Crippen LogP contribution in [-0.4, -0.2) is 15.5 Å². The predicted molar refractivity (Wildman–Crippen MR) is 91.6 cm³/mol. The Morgan fingerprint density at radius 2 is 2.00 bits per heavy atom. The van der Waals surface area contributed by atoms with Crippen LogP contribution in [0.3, 0.4) is 0 Å². The van der Waals surface area contributed by atoms with Crippen molar-refractivity contribution in [1.82, 2.24) is 9.55 Å². The number of nitrogens with one attached hydrogen (secondary N) is 1. The van der Waals surface area contributed by atoms with Crippen LogP contribution in [0.2, 0.25) is 0 Å². The number of hydrogen-bond donors (Lipinski definition) is 1. The lowest BCUT2D eigenvalue weighted by Crippen LogP contribution is -2.16. The normalized spacial score (nSPS) is 10.2. The van der Waals surface area contributed by atoms with E-state index >= 15 is 0 Å². The molecular formula is C19H16N4O. The molecule has 5 nitrogen and oxygen atoms in total. The Labute approximate surface area is 140 Å². The van der Waals surface area contributed by atoms with Crippen molar-refractivity contribution in [3.8, 4) is 6.07 Å². The molecule has 1 amide bonds. The minimum Gasteiger partial charge on any atom is -0.312 e. The van der Waals surface area contributed by atoms with Crippen molar-refractivity contribution >= 4 is 11.7 Å². The van der Waals surface area contributed by atoms with Crippen molar-refractivity contribution in [2.75, 3.05) is 5.32 Å². The summed E-state index contributed by atoms with van der Waals surface area (Å²) < 4.78 is 1.77. The third kappa shape index (κ3) is 3.33. The van der Waals surface area contributed by atoms with Gasteiger partial charge in [-0.1, -0.05) is 48.0 Å². The molecule has 1 N–H and O–H groups in total. The van der Waals surface area contributed by atoms with Gasteiger partial charge in [-0.25, -0.2) is 4.98 Å². The van der Waals surface area contributed by atoms with Gasteiger partial charge in [0.05, 0.1) is 12.9 Å². The number of carbonyl (C=O) groups excluding carboxylic acids is 1. The van der Waals surface area contributed by atoms with Crippen molar-refractivity contribution in [1.29, 1.82) is 5.26 Å². The van der Waals surface area contributed by atoms with Gasteiger partial charge in [0, 0.05) is 5.56 Å². The maximum Gasteiger partial charge on any atom is 0.256 e. The van der Waals surface area contributed by atoms with Gasteiger partial charge in [0.2, 0.25) is 0 Å². The van der Waals surface area contributed by atoms with Crippen LogP contribution in [0.25, 0.3) is 0 Å². The Hall–Kier alpha value is -3.39. The molecule has 0 saturated heterocycles. The number of amides is 1. The molecule has 0 spiro atoms. The first kappa shape index (κ1) is 15.5. The fourth-order valence-corrected chi connectivity index (χ4v) is 2.46. The average molecular weight is 316 g/mol. The van der Waals surface area contributed by atoms with Gasteiger partial charge in [-0.05, 0) is 24.6 Å². The van der Waals surface area contributed by atoms with Crippen LogP contribution in [0.5, 0.6) is 0 Å². The number of aryl methyl sites for hydroxylation is 1. The number of nitriles is 1. The van der Waals surface area contributed by atoms with E-state index in [2.05, 4.69) is 10.3 Å². The minimum atomic E-state index is -0.259. The van der Waals surface area contributed by atoms with E-state index in [1.807, 2.05) is 55.5 Å². The van der Waals surface area contributed by atoms with E-state index in [1.54, 1.807) is 23.0 Å². The van der Waals surface area contributed by atoms with Gasteiger partial charge in [-0.2, -0.15) is 5.26 Å². The SMILES string of the molecule is Cc1cccc(C(=O)Nc2c(C#N)ncn2Cc2ccccc2)c1. The zero-order chi connectivity index (χ0) is 16.9. The van der Waals surface area contributed by atoms with E-state index < -0.39 is 0 Å². The molecule has 24 heavy (non-hydrogen) atoms. The summed E-state index contributed by atoms with van der Waals surface area (Å²) in [7, 11) is 0. The first-order valence-corrected chi connectivity index (χ1v) is 7.54. The molecule has 0 atom stereocenters. The Morgan fingerprint density at radius 3 is 2.71 bits per heavy atom. The van der Waals surface area contributed by atoms with E-state index in [0.29, 0.717) is 17.9 Å². The summed E-state index contributed by atoms with van der Waals surface area (Å²) >= 11 is 0. The van der Waals surface area contributed by atoms with Crippen LogP contribution in [0.15, 0.2) is 60.9 Å². The molecule has 3 rings (SSSR count). The molecule has 1 aromatic heterocycles. The molecule has 2 aromatic carbocycles. The lowest BCUT2D eigenvalue weighted by Gasteiger charge is -2.10. The molecule has 0 unspecified atom stereocenters. The molecule has 0 aliphatic rings. The summed E-state index contributed by atoms with van der Waals surface area (Å²) in [5, 5.41) is 12.1. The van der Waals surface area contributed by atoms with Crippen molar-refractivity contribution in [2.24, 2.45) is 0 Å². The number of nitrogens with zero attached hydrogens (tertiary/aromatic N) is 3. The molecule has 0 saturated carbocycles. The van der Waals surface area contributed by atoms with E-state index in [0.717, 1.165) is 11.1 Å². The summed E-state index contributed by atoms with van der Waals surface area (Å²) in [4.78, 5) is 16.6. The van der Waals surface area contributed by atoms with E-state index in [4.69, 9.17) is 0 Å². The largest absolute Gasteiger partial charge is 0.312 e. The van der Waals surface area contributed by atoms with Crippen molar-refractivity contribution in [3.63, 3.8) is 0 Å². The smallest absolute Gasteiger partial charge is 0.256 e. The van der Waals surface area contributed by atoms with Crippen molar-refractivity contribution in [3.05, 3.63) is 83.3 Å². The third-order valence-corrected chi connectivity index (χ3v) is 3.65. The van der Waals surface area contributed by atoms with Gasteiger partial charge in [-0.15, -0.1) is 0 Å². The number of aromatic nitrogens is 2. The lowest BCUT2D eigenvalue weighted by atomic mass is 10.1. The number of imidazole rings is 1. The van der Waals surface area contributed by atoms with Crippen LogP contribution < -0.4 is 5.32 Å². The molecule has 0 bridgehead atoms. The Bertz CT molecular complexity index is 907. The third-order valence-electron chi connectivity index (χ3n) is 3.65. The van der Waals surface area contributed by atoms with Gasteiger partial charge in [-0.3, -0.25) is 4.79 Å². The molecule has 5 heteroatoms. The van der Waals surface area contributed by atoms with Gasteiger partial charge >= 0.3 is 0 Å². The number of rotatable bonds is 4. The first-order valence-electron chi connectivity index (χ1n) is 7.54. The number of anilines is 1. The highest BCUT2D eigenvalue weighted by Gasteiger charge is 2.15. The van der Waals surface area contributed by atoms with Crippen LogP contribution in [0, 0.1) is 18.3 Å². The summed E-state index contributed by atoms with van der Waals surface area (Å²) in [6, 6.07) is 19.1. The van der Waals surface area contributed by atoms with Crippen LogP contribution in [0.4, 0.5) is 5.82 Å². The van der Waals surface area contributed by atoms with Gasteiger partial charge < -0.3 is 9.88 Å². The van der Waals surface area contributed by atoms with Gasteiger partial charge in [0.1, 0.15) is 6.07 Å². The number of carbonyl (C=O) groups is 1. The Morgan fingerprint density at radius 1 is 1.21 bits per heavy atom.